The van der Waals surface area contributed by atoms with Gasteiger partial charge in [-0.3, -0.25) is 39.7 Å². The minimum absolute atomic E-state index is 0. The van der Waals surface area contributed by atoms with Crippen LogP contribution in [0.4, 0.5) is 0 Å². The van der Waals surface area contributed by atoms with Gasteiger partial charge in [-0.05, 0) is 80.5 Å². The predicted molar refractivity (Wildman–Crippen MR) is 161 cm³/mol. The fraction of sp³-hybridized carbons (Fsp3) is 0.355. The molecule has 2 heterocycles. The van der Waals surface area contributed by atoms with Gasteiger partial charge in [0.05, 0.1) is 28.3 Å². The molecule has 10 nitrogen and oxygen atoms in total. The smallest absolute Gasteiger partial charge is 0.311 e. The van der Waals surface area contributed by atoms with Crippen molar-refractivity contribution in [3.8, 4) is 11.4 Å². The second-order valence-electron chi connectivity index (χ2n) is 9.79. The first-order chi connectivity index (χ1) is 19.9. The number of pyridine rings is 2. The van der Waals surface area contributed by atoms with Gasteiger partial charge in [0.25, 0.3) is 10.1 Å². The molecule has 12 heteroatoms. The van der Waals surface area contributed by atoms with E-state index in [1.165, 1.54) is 12.1 Å². The Morgan fingerprint density at radius 3 is 1.63 bits per heavy atom. The summed E-state index contributed by atoms with van der Waals surface area (Å²) in [4.78, 5) is 43.7. The minimum atomic E-state index is -4.17. The van der Waals surface area contributed by atoms with Crippen LogP contribution in [0.25, 0.3) is 11.4 Å². The van der Waals surface area contributed by atoms with Crippen LogP contribution in [0.2, 0.25) is 0 Å². The molecule has 1 atom stereocenters. The van der Waals surface area contributed by atoms with Crippen molar-refractivity contribution < 1.29 is 57.3 Å². The van der Waals surface area contributed by atoms with Crippen molar-refractivity contribution in [2.75, 3.05) is 6.61 Å². The molecule has 0 aliphatic carbocycles. The van der Waals surface area contributed by atoms with Gasteiger partial charge in [-0.25, -0.2) is 0 Å². The minimum Gasteiger partial charge on any atom is -0.545 e. The molecule has 0 fully saturated rings. The summed E-state index contributed by atoms with van der Waals surface area (Å²) < 4.78 is 36.4. The number of esters is 1. The van der Waals surface area contributed by atoms with Crippen LogP contribution in [0.15, 0.2) is 78.0 Å². The zero-order valence-electron chi connectivity index (χ0n) is 24.9. The Morgan fingerprint density at radius 1 is 0.837 bits per heavy atom. The summed E-state index contributed by atoms with van der Waals surface area (Å²) in [6, 6.07) is 17.8. The molecule has 0 amide bonds. The van der Waals surface area contributed by atoms with Crippen LogP contribution in [-0.2, 0) is 54.5 Å². The maximum absolute atomic E-state index is 12.2. The molecule has 2 aromatic heterocycles. The van der Waals surface area contributed by atoms with Crippen LogP contribution in [-0.4, -0.2) is 55.9 Å². The number of benzene rings is 1. The van der Waals surface area contributed by atoms with Crippen molar-refractivity contribution in [1.29, 1.82) is 0 Å². The van der Waals surface area contributed by atoms with Crippen LogP contribution in [0.1, 0.15) is 58.9 Å². The number of carbonyl (C=O) groups is 1. The van der Waals surface area contributed by atoms with E-state index in [2.05, 4.69) is 30.3 Å². The Bertz CT molecular complexity index is 1200. The van der Waals surface area contributed by atoms with E-state index in [0.717, 1.165) is 23.4 Å². The molecule has 3 aromatic rings. The van der Waals surface area contributed by atoms with E-state index in [-0.39, 0.29) is 37.2 Å². The molecule has 0 aliphatic heterocycles. The Morgan fingerprint density at radius 2 is 1.28 bits per heavy atom. The molecule has 0 saturated carbocycles. The van der Waals surface area contributed by atoms with Gasteiger partial charge in [-0.2, -0.15) is 8.42 Å². The monoisotopic (exact) mass is 786 g/mol. The van der Waals surface area contributed by atoms with Crippen molar-refractivity contribution >= 4 is 36.5 Å². The summed E-state index contributed by atoms with van der Waals surface area (Å²) in [6.07, 6.45) is 4.98. The molecular weight excluding hydrogens is 747 g/mol. The SMILES string of the molecule is CC(C)COC(=O)C(C)(C)CCC(C)c1ccc(S(=O)(=O)O)cc1.[CH-]=O.[CH-]=O.[CH-]=O.[Re].c1ccc(-c2ccccn2)nc1. The van der Waals surface area contributed by atoms with E-state index in [9.17, 15) is 13.2 Å². The Hall–Kier alpha value is -3.43. The summed E-state index contributed by atoms with van der Waals surface area (Å²) in [5.41, 5.74) is 2.24. The Balaban J connectivity index is -0.000000702. The van der Waals surface area contributed by atoms with Gasteiger partial charge in [0.2, 0.25) is 0 Å². The van der Waals surface area contributed by atoms with Crippen LogP contribution in [0.5, 0.6) is 0 Å². The Labute approximate surface area is 269 Å². The molecule has 0 bridgehead atoms. The van der Waals surface area contributed by atoms with Crippen LogP contribution < -0.4 is 0 Å². The third-order valence-electron chi connectivity index (χ3n) is 5.64. The van der Waals surface area contributed by atoms with Gasteiger partial charge < -0.3 is 19.1 Å². The van der Waals surface area contributed by atoms with Crippen molar-refractivity contribution in [2.45, 2.75) is 58.3 Å². The summed E-state index contributed by atoms with van der Waals surface area (Å²) in [5.74, 6) is 0.285. The Kier molecular flexibility index (Phi) is 24.6. The third-order valence-corrected chi connectivity index (χ3v) is 6.51. The standard InChI is InChI=1S/C18H28O5S.C10H8N2.3CHO.Re/c1-13(2)12-23-17(19)18(4,5)11-10-14(3)15-6-8-16(9-7-15)24(20,21)22;1-3-7-11-9(5-1)10-6-2-4-8-12-10;3*1-2;/h6-9,13-14H,10-12H2,1-5H3,(H,20,21,22);1-8H;3*1H;/q;;3*-1;. The van der Waals surface area contributed by atoms with Gasteiger partial charge in [-0.1, -0.05) is 45.0 Å². The van der Waals surface area contributed by atoms with Gasteiger partial charge in [0, 0.05) is 32.8 Å². The molecule has 3 rings (SSSR count). The fourth-order valence-corrected chi connectivity index (χ4v) is 3.76. The first-order valence-electron chi connectivity index (χ1n) is 12.7. The summed E-state index contributed by atoms with van der Waals surface area (Å²) in [5, 5.41) is 0. The van der Waals surface area contributed by atoms with E-state index in [0.29, 0.717) is 18.9 Å². The van der Waals surface area contributed by atoms with E-state index in [1.807, 2.05) is 71.0 Å². The molecule has 1 N–H and O–H groups in total. The second-order valence-corrected chi connectivity index (χ2v) is 11.2. The number of rotatable bonds is 9. The van der Waals surface area contributed by atoms with Crippen LogP contribution >= 0.6 is 0 Å². The molecule has 1 unspecified atom stereocenters. The average molecular weight is 786 g/mol. The van der Waals surface area contributed by atoms with Crippen molar-refractivity contribution in [2.24, 2.45) is 11.3 Å². The zero-order chi connectivity index (χ0) is 32.8. The molecule has 237 valence electrons. The van der Waals surface area contributed by atoms with E-state index in [1.54, 1.807) is 24.5 Å². The molecule has 1 aromatic carbocycles. The van der Waals surface area contributed by atoms with E-state index in [4.69, 9.17) is 23.7 Å². The van der Waals surface area contributed by atoms with Gasteiger partial charge >= 0.3 is 5.97 Å². The quantitative estimate of drug-likeness (QED) is 0.130. The third kappa shape index (κ3) is 18.0. The van der Waals surface area contributed by atoms with E-state index >= 15 is 0 Å². The maximum Gasteiger partial charge on any atom is 0.311 e. The van der Waals surface area contributed by atoms with Crippen molar-refractivity contribution in [3.63, 3.8) is 0 Å². The predicted octanol–water partition coefficient (Wildman–Crippen LogP) is 5.36. The largest absolute Gasteiger partial charge is 0.545 e. The summed E-state index contributed by atoms with van der Waals surface area (Å²) >= 11 is 0. The van der Waals surface area contributed by atoms with Crippen LogP contribution in [0, 0.1) is 11.3 Å². The number of aromatic nitrogens is 2. The average Bonchev–Trinajstić information content (AvgIpc) is 3.02. The number of carbonyl (C=O) groups excluding carboxylic acids is 4. The van der Waals surface area contributed by atoms with Gasteiger partial charge in [-0.15, -0.1) is 0 Å². The van der Waals surface area contributed by atoms with Crippen LogP contribution in [0.3, 0.4) is 0 Å². The number of hydrogen-bond donors (Lipinski definition) is 1. The summed E-state index contributed by atoms with van der Waals surface area (Å²) in [7, 11) is -4.17. The topological polar surface area (TPSA) is 158 Å². The van der Waals surface area contributed by atoms with Crippen molar-refractivity contribution in [3.05, 3.63) is 78.6 Å². The van der Waals surface area contributed by atoms with E-state index < -0.39 is 15.5 Å². The molecule has 0 aliphatic rings. The van der Waals surface area contributed by atoms with Gasteiger partial charge in [0.1, 0.15) is 0 Å². The summed E-state index contributed by atoms with van der Waals surface area (Å²) in [6.45, 7) is 20.0. The molecule has 43 heavy (non-hydrogen) atoms. The number of ether oxygens (including phenoxy) is 1. The van der Waals surface area contributed by atoms with Crippen molar-refractivity contribution in [1.82, 2.24) is 9.97 Å². The molecule has 0 spiro atoms. The normalized spacial score (nSPS) is 10.7. The molecule has 0 saturated heterocycles. The molecule has 1 radical (unpaired) electrons. The maximum atomic E-state index is 12.2. The molecular formula is C31H39N2O8ReS-3. The van der Waals surface area contributed by atoms with Gasteiger partial charge in [0.15, 0.2) is 0 Å². The number of hydrogen-bond acceptors (Lipinski definition) is 9. The second kappa shape index (κ2) is 24.1. The number of nitrogens with zero attached hydrogens (tertiary/aromatic N) is 2. The zero-order valence-corrected chi connectivity index (χ0v) is 28.5. The fourth-order valence-electron chi connectivity index (χ4n) is 3.28. The first kappa shape index (κ1) is 44.0. The first-order valence-corrected chi connectivity index (χ1v) is 14.1.